The molecule has 0 atom stereocenters. The van der Waals surface area contributed by atoms with E-state index in [0.29, 0.717) is 18.0 Å². The van der Waals surface area contributed by atoms with Crippen molar-refractivity contribution in [2.24, 2.45) is 0 Å². The third-order valence-corrected chi connectivity index (χ3v) is 6.69. The zero-order valence-electron chi connectivity index (χ0n) is 13.9. The molecule has 2 aromatic carbocycles. The second kappa shape index (κ2) is 6.63. The Bertz CT molecular complexity index is 959. The Morgan fingerprint density at radius 3 is 2.32 bits per heavy atom. The molecule has 0 spiro atoms. The molecule has 3 aromatic rings. The van der Waals surface area contributed by atoms with Crippen LogP contribution in [0.4, 0.5) is 0 Å². The Hall–Kier alpha value is -2.15. The number of benzene rings is 2. The average Bonchev–Trinajstić information content (AvgIpc) is 3.06. The van der Waals surface area contributed by atoms with E-state index in [9.17, 15) is 8.42 Å². The highest BCUT2D eigenvalue weighted by molar-refractivity contribution is 7.89. The lowest BCUT2D eigenvalue weighted by Crippen LogP contribution is -2.48. The Morgan fingerprint density at radius 2 is 1.56 bits per heavy atom. The summed E-state index contributed by atoms with van der Waals surface area (Å²) in [6.07, 6.45) is 2.05. The predicted octanol–water partition coefficient (Wildman–Crippen LogP) is 2.67. The quantitative estimate of drug-likeness (QED) is 0.783. The monoisotopic (exact) mass is 355 g/mol. The fraction of sp³-hybridized carbons (Fsp3) is 0.263. The van der Waals surface area contributed by atoms with Gasteiger partial charge in [0.05, 0.1) is 4.90 Å². The van der Waals surface area contributed by atoms with E-state index in [2.05, 4.69) is 28.2 Å². The van der Waals surface area contributed by atoms with Gasteiger partial charge in [-0.1, -0.05) is 36.4 Å². The van der Waals surface area contributed by atoms with Crippen molar-refractivity contribution in [3.8, 4) is 0 Å². The van der Waals surface area contributed by atoms with Crippen LogP contribution in [0.5, 0.6) is 0 Å². The maximum absolute atomic E-state index is 12.7. The van der Waals surface area contributed by atoms with E-state index in [1.807, 2.05) is 18.2 Å². The van der Waals surface area contributed by atoms with Crippen LogP contribution in [-0.4, -0.2) is 48.8 Å². The normalized spacial score (nSPS) is 17.1. The number of aromatic amines is 1. The molecule has 0 radical (unpaired) electrons. The van der Waals surface area contributed by atoms with Gasteiger partial charge in [0, 0.05) is 49.8 Å². The minimum absolute atomic E-state index is 0.375. The maximum Gasteiger partial charge on any atom is 0.243 e. The number of nitrogens with one attached hydrogen (secondary N) is 1. The SMILES string of the molecule is O=S(=O)(c1ccccc1)N1CCN(Cc2c[nH]c3ccccc23)CC1. The summed E-state index contributed by atoms with van der Waals surface area (Å²) in [6, 6.07) is 16.9. The Morgan fingerprint density at radius 1 is 0.880 bits per heavy atom. The van der Waals surface area contributed by atoms with Crippen molar-refractivity contribution < 1.29 is 8.42 Å². The van der Waals surface area contributed by atoms with E-state index in [-0.39, 0.29) is 0 Å². The van der Waals surface area contributed by atoms with Crippen LogP contribution in [0.3, 0.4) is 0 Å². The largest absolute Gasteiger partial charge is 0.361 e. The van der Waals surface area contributed by atoms with Gasteiger partial charge in [0.2, 0.25) is 10.0 Å². The van der Waals surface area contributed by atoms with E-state index in [1.54, 1.807) is 28.6 Å². The predicted molar refractivity (Wildman–Crippen MR) is 98.8 cm³/mol. The van der Waals surface area contributed by atoms with Gasteiger partial charge in [-0.05, 0) is 23.8 Å². The van der Waals surface area contributed by atoms with Crippen molar-refractivity contribution in [3.05, 3.63) is 66.4 Å². The maximum atomic E-state index is 12.7. The molecular formula is C19H21N3O2S. The van der Waals surface area contributed by atoms with E-state index in [4.69, 9.17) is 0 Å². The van der Waals surface area contributed by atoms with Crippen LogP contribution in [0.2, 0.25) is 0 Å². The lowest BCUT2D eigenvalue weighted by atomic mass is 10.1. The minimum atomic E-state index is -3.38. The van der Waals surface area contributed by atoms with Crippen molar-refractivity contribution in [1.82, 2.24) is 14.2 Å². The van der Waals surface area contributed by atoms with Crippen LogP contribution in [-0.2, 0) is 16.6 Å². The molecule has 0 amide bonds. The first-order chi connectivity index (χ1) is 12.1. The number of aromatic nitrogens is 1. The molecule has 1 aliphatic heterocycles. The molecule has 1 N–H and O–H groups in total. The third kappa shape index (κ3) is 3.20. The summed E-state index contributed by atoms with van der Waals surface area (Å²) >= 11 is 0. The van der Waals surface area contributed by atoms with Crippen molar-refractivity contribution in [2.45, 2.75) is 11.4 Å². The topological polar surface area (TPSA) is 56.4 Å². The van der Waals surface area contributed by atoms with Gasteiger partial charge in [-0.15, -0.1) is 0 Å². The van der Waals surface area contributed by atoms with Crippen molar-refractivity contribution in [1.29, 1.82) is 0 Å². The molecular weight excluding hydrogens is 334 g/mol. The molecule has 1 aliphatic rings. The highest BCUT2D eigenvalue weighted by Gasteiger charge is 2.28. The molecule has 0 saturated carbocycles. The molecule has 0 unspecified atom stereocenters. The number of fused-ring (bicyclic) bond motifs is 1. The number of sulfonamides is 1. The summed E-state index contributed by atoms with van der Waals surface area (Å²) in [6.45, 7) is 3.37. The number of H-pyrrole nitrogens is 1. The molecule has 25 heavy (non-hydrogen) atoms. The Kier molecular flexibility index (Phi) is 4.33. The summed E-state index contributed by atoms with van der Waals surface area (Å²) in [7, 11) is -3.38. The number of para-hydroxylation sites is 1. The summed E-state index contributed by atoms with van der Waals surface area (Å²) in [5.74, 6) is 0. The van der Waals surface area contributed by atoms with Crippen LogP contribution in [0.1, 0.15) is 5.56 Å². The highest BCUT2D eigenvalue weighted by atomic mass is 32.2. The smallest absolute Gasteiger partial charge is 0.243 e. The second-order valence-corrected chi connectivity index (χ2v) is 8.29. The number of hydrogen-bond donors (Lipinski definition) is 1. The average molecular weight is 355 g/mol. The summed E-state index contributed by atoms with van der Waals surface area (Å²) in [4.78, 5) is 5.99. The van der Waals surface area contributed by atoms with Crippen LogP contribution in [0.25, 0.3) is 10.9 Å². The molecule has 130 valence electrons. The van der Waals surface area contributed by atoms with Gasteiger partial charge < -0.3 is 4.98 Å². The number of nitrogens with zero attached hydrogens (tertiary/aromatic N) is 2. The van der Waals surface area contributed by atoms with Gasteiger partial charge in [0.15, 0.2) is 0 Å². The highest BCUT2D eigenvalue weighted by Crippen LogP contribution is 2.21. The van der Waals surface area contributed by atoms with Crippen LogP contribution in [0, 0.1) is 0 Å². The molecule has 2 heterocycles. The lowest BCUT2D eigenvalue weighted by Gasteiger charge is -2.33. The van der Waals surface area contributed by atoms with Crippen molar-refractivity contribution in [2.75, 3.05) is 26.2 Å². The molecule has 1 saturated heterocycles. The molecule has 0 bridgehead atoms. The minimum Gasteiger partial charge on any atom is -0.361 e. The van der Waals surface area contributed by atoms with Gasteiger partial charge >= 0.3 is 0 Å². The van der Waals surface area contributed by atoms with Crippen LogP contribution < -0.4 is 0 Å². The second-order valence-electron chi connectivity index (χ2n) is 6.35. The molecule has 1 aromatic heterocycles. The standard InChI is InChI=1S/C19H21N3O2S/c23-25(24,17-6-2-1-3-7-17)22-12-10-21(11-13-22)15-16-14-20-19-9-5-4-8-18(16)19/h1-9,14,20H,10-13,15H2. The fourth-order valence-corrected chi connectivity index (χ4v) is 4.82. The molecule has 1 fully saturated rings. The fourth-order valence-electron chi connectivity index (χ4n) is 3.37. The zero-order valence-corrected chi connectivity index (χ0v) is 14.7. The molecule has 5 nitrogen and oxygen atoms in total. The first kappa shape index (κ1) is 16.3. The zero-order chi connectivity index (χ0) is 17.3. The third-order valence-electron chi connectivity index (χ3n) is 4.78. The molecule has 0 aliphatic carbocycles. The number of hydrogen-bond acceptors (Lipinski definition) is 3. The van der Waals surface area contributed by atoms with E-state index >= 15 is 0 Å². The van der Waals surface area contributed by atoms with Gasteiger partial charge in [-0.25, -0.2) is 8.42 Å². The van der Waals surface area contributed by atoms with Gasteiger partial charge in [-0.2, -0.15) is 4.31 Å². The van der Waals surface area contributed by atoms with Gasteiger partial charge in [0.25, 0.3) is 0 Å². The summed E-state index contributed by atoms with van der Waals surface area (Å²) < 4.78 is 27.0. The Balaban J connectivity index is 1.43. The number of rotatable bonds is 4. The Labute approximate surface area is 147 Å². The number of piperazine rings is 1. The van der Waals surface area contributed by atoms with Gasteiger partial charge in [-0.3, -0.25) is 4.90 Å². The lowest BCUT2D eigenvalue weighted by molar-refractivity contribution is 0.182. The van der Waals surface area contributed by atoms with Gasteiger partial charge in [0.1, 0.15) is 0 Å². The van der Waals surface area contributed by atoms with Crippen molar-refractivity contribution >= 4 is 20.9 Å². The first-order valence-electron chi connectivity index (χ1n) is 8.47. The summed E-state index contributed by atoms with van der Waals surface area (Å²) in [5.41, 5.74) is 2.40. The van der Waals surface area contributed by atoms with E-state index < -0.39 is 10.0 Å². The first-order valence-corrected chi connectivity index (χ1v) is 9.91. The van der Waals surface area contributed by atoms with E-state index in [0.717, 1.165) is 25.2 Å². The molecule has 6 heteroatoms. The van der Waals surface area contributed by atoms with E-state index in [1.165, 1.54) is 10.9 Å². The van der Waals surface area contributed by atoms with Crippen LogP contribution in [0.15, 0.2) is 65.7 Å². The van der Waals surface area contributed by atoms with Crippen molar-refractivity contribution in [3.63, 3.8) is 0 Å². The molecule has 4 rings (SSSR count). The van der Waals surface area contributed by atoms with Crippen LogP contribution >= 0.6 is 0 Å². The summed E-state index contributed by atoms with van der Waals surface area (Å²) in [5, 5.41) is 1.24.